The van der Waals surface area contributed by atoms with Crippen LogP contribution in [0.2, 0.25) is 5.15 Å². The molecule has 0 aliphatic carbocycles. The zero-order valence-electron chi connectivity index (χ0n) is 7.27. The van der Waals surface area contributed by atoms with Crippen molar-refractivity contribution in [3.05, 3.63) is 39.9 Å². The predicted molar refractivity (Wildman–Crippen MR) is 58.7 cm³/mol. The number of halogens is 1. The van der Waals surface area contributed by atoms with E-state index >= 15 is 0 Å². The number of anilines is 1. The predicted octanol–water partition coefficient (Wildman–Crippen LogP) is 2.80. The highest BCUT2D eigenvalue weighted by molar-refractivity contribution is 7.09. The first kappa shape index (κ1) is 9.43. The molecule has 0 fully saturated rings. The molecule has 5 heteroatoms. The fraction of sp³-hybridized carbons (Fsp3) is 0.111. The van der Waals surface area contributed by atoms with Crippen LogP contribution in [0.1, 0.15) is 4.88 Å². The van der Waals surface area contributed by atoms with Gasteiger partial charge in [0.1, 0.15) is 11.0 Å². The van der Waals surface area contributed by atoms with Gasteiger partial charge in [0.15, 0.2) is 0 Å². The molecule has 3 nitrogen and oxygen atoms in total. The van der Waals surface area contributed by atoms with E-state index in [1.165, 1.54) is 11.1 Å². The van der Waals surface area contributed by atoms with Crippen molar-refractivity contribution in [2.75, 3.05) is 5.32 Å². The van der Waals surface area contributed by atoms with Gasteiger partial charge in [0, 0.05) is 4.88 Å². The maximum absolute atomic E-state index is 5.69. The lowest BCUT2D eigenvalue weighted by Gasteiger charge is -2.02. The van der Waals surface area contributed by atoms with Crippen LogP contribution >= 0.6 is 22.9 Å². The summed E-state index contributed by atoms with van der Waals surface area (Å²) in [6, 6.07) is 4.08. The van der Waals surface area contributed by atoms with Gasteiger partial charge < -0.3 is 5.32 Å². The molecule has 1 N–H and O–H groups in total. The molecular formula is C9H8ClN3S. The van der Waals surface area contributed by atoms with Gasteiger partial charge in [0.05, 0.1) is 18.9 Å². The molecule has 0 saturated carbocycles. The lowest BCUT2D eigenvalue weighted by molar-refractivity contribution is 1.11. The van der Waals surface area contributed by atoms with Gasteiger partial charge in [-0.25, -0.2) is 4.98 Å². The Morgan fingerprint density at radius 3 is 3.07 bits per heavy atom. The Kier molecular flexibility index (Phi) is 2.96. The van der Waals surface area contributed by atoms with Crippen molar-refractivity contribution in [2.45, 2.75) is 6.54 Å². The molecule has 0 amide bonds. The second-order valence-electron chi connectivity index (χ2n) is 2.66. The maximum Gasteiger partial charge on any atom is 0.149 e. The Hall–Kier alpha value is -1.13. The van der Waals surface area contributed by atoms with Crippen LogP contribution < -0.4 is 5.32 Å². The third-order valence-electron chi connectivity index (χ3n) is 1.63. The molecule has 2 rings (SSSR count). The maximum atomic E-state index is 5.69. The van der Waals surface area contributed by atoms with E-state index in [1.54, 1.807) is 17.5 Å². The first-order chi connectivity index (χ1) is 6.84. The van der Waals surface area contributed by atoms with Crippen LogP contribution in [0.5, 0.6) is 0 Å². The van der Waals surface area contributed by atoms with E-state index < -0.39 is 0 Å². The number of nitrogens with zero attached hydrogens (tertiary/aromatic N) is 2. The lowest BCUT2D eigenvalue weighted by Crippen LogP contribution is -2.00. The van der Waals surface area contributed by atoms with Crippen LogP contribution in [0, 0.1) is 0 Å². The molecule has 0 radical (unpaired) electrons. The first-order valence-corrected chi connectivity index (χ1v) is 5.34. The first-order valence-electron chi connectivity index (χ1n) is 4.08. The summed E-state index contributed by atoms with van der Waals surface area (Å²) < 4.78 is 0. The van der Waals surface area contributed by atoms with Gasteiger partial charge in [0.2, 0.25) is 0 Å². The van der Waals surface area contributed by atoms with Crippen LogP contribution in [0.3, 0.4) is 0 Å². The highest BCUT2D eigenvalue weighted by Gasteiger charge is 1.96. The molecule has 2 aromatic heterocycles. The van der Waals surface area contributed by atoms with Gasteiger partial charge >= 0.3 is 0 Å². The van der Waals surface area contributed by atoms with Gasteiger partial charge in [0.25, 0.3) is 0 Å². The SMILES string of the molecule is Clc1cncc(NCc2cccs2)n1. The van der Waals surface area contributed by atoms with Crippen LogP contribution in [0.15, 0.2) is 29.9 Å². The molecule has 14 heavy (non-hydrogen) atoms. The smallest absolute Gasteiger partial charge is 0.149 e. The van der Waals surface area contributed by atoms with Gasteiger partial charge in [-0.15, -0.1) is 11.3 Å². The Morgan fingerprint density at radius 2 is 2.36 bits per heavy atom. The molecule has 0 spiro atoms. The molecule has 2 aromatic rings. The zero-order valence-corrected chi connectivity index (χ0v) is 8.85. The fourth-order valence-electron chi connectivity index (χ4n) is 1.02. The van der Waals surface area contributed by atoms with Crippen molar-refractivity contribution < 1.29 is 0 Å². The molecule has 0 aliphatic heterocycles. The van der Waals surface area contributed by atoms with Crippen LogP contribution in [0.4, 0.5) is 5.82 Å². The van der Waals surface area contributed by atoms with Crippen molar-refractivity contribution in [3.8, 4) is 0 Å². The third-order valence-corrected chi connectivity index (χ3v) is 2.69. The van der Waals surface area contributed by atoms with E-state index in [0.717, 1.165) is 6.54 Å². The van der Waals surface area contributed by atoms with Gasteiger partial charge in [-0.2, -0.15) is 0 Å². The van der Waals surface area contributed by atoms with Crippen LogP contribution in [-0.4, -0.2) is 9.97 Å². The average Bonchev–Trinajstić information content (AvgIpc) is 2.67. The molecule has 0 bridgehead atoms. The molecule has 0 unspecified atom stereocenters. The summed E-state index contributed by atoms with van der Waals surface area (Å²) in [6.45, 7) is 0.757. The van der Waals surface area contributed by atoms with E-state index in [0.29, 0.717) is 11.0 Å². The summed E-state index contributed by atoms with van der Waals surface area (Å²) in [5, 5.41) is 5.59. The van der Waals surface area contributed by atoms with Gasteiger partial charge in [-0.05, 0) is 11.4 Å². The molecule has 0 aromatic carbocycles. The van der Waals surface area contributed by atoms with Gasteiger partial charge in [-0.3, -0.25) is 4.98 Å². The molecule has 0 saturated heterocycles. The minimum Gasteiger partial charge on any atom is -0.364 e. The number of aromatic nitrogens is 2. The highest BCUT2D eigenvalue weighted by Crippen LogP contribution is 2.12. The Labute approximate surface area is 90.8 Å². The summed E-state index contributed by atoms with van der Waals surface area (Å²) >= 11 is 7.40. The Morgan fingerprint density at radius 1 is 1.43 bits per heavy atom. The van der Waals surface area contributed by atoms with E-state index in [4.69, 9.17) is 11.6 Å². The van der Waals surface area contributed by atoms with E-state index in [9.17, 15) is 0 Å². The minimum atomic E-state index is 0.404. The van der Waals surface area contributed by atoms with Crippen molar-refractivity contribution in [2.24, 2.45) is 0 Å². The Balaban J connectivity index is 1.98. The standard InChI is InChI=1S/C9H8ClN3S/c10-8-5-11-6-9(13-8)12-4-7-2-1-3-14-7/h1-3,5-6H,4H2,(H,12,13). The highest BCUT2D eigenvalue weighted by atomic mass is 35.5. The lowest BCUT2D eigenvalue weighted by atomic mass is 10.4. The van der Waals surface area contributed by atoms with Crippen LogP contribution in [-0.2, 0) is 6.54 Å². The monoisotopic (exact) mass is 225 g/mol. The van der Waals surface area contributed by atoms with E-state index in [-0.39, 0.29) is 0 Å². The zero-order chi connectivity index (χ0) is 9.80. The molecule has 0 atom stereocenters. The second-order valence-corrected chi connectivity index (χ2v) is 4.08. The topological polar surface area (TPSA) is 37.8 Å². The molecule has 0 aliphatic rings. The van der Waals surface area contributed by atoms with E-state index in [1.807, 2.05) is 11.4 Å². The molecule has 2 heterocycles. The number of thiophene rings is 1. The summed E-state index contributed by atoms with van der Waals surface area (Å²) in [6.07, 6.45) is 3.16. The largest absolute Gasteiger partial charge is 0.364 e. The van der Waals surface area contributed by atoms with Gasteiger partial charge in [-0.1, -0.05) is 17.7 Å². The summed E-state index contributed by atoms with van der Waals surface area (Å²) in [4.78, 5) is 9.26. The number of hydrogen-bond acceptors (Lipinski definition) is 4. The minimum absolute atomic E-state index is 0.404. The fourth-order valence-corrected chi connectivity index (χ4v) is 1.81. The summed E-state index contributed by atoms with van der Waals surface area (Å²) in [7, 11) is 0. The third kappa shape index (κ3) is 2.43. The summed E-state index contributed by atoms with van der Waals surface area (Å²) in [5.74, 6) is 0.700. The second kappa shape index (κ2) is 4.39. The Bertz CT molecular complexity index is 402. The van der Waals surface area contributed by atoms with E-state index in [2.05, 4.69) is 21.4 Å². The van der Waals surface area contributed by atoms with Crippen molar-refractivity contribution >= 4 is 28.8 Å². The molecule has 72 valence electrons. The number of hydrogen-bond donors (Lipinski definition) is 1. The molecular weight excluding hydrogens is 218 g/mol. The quantitative estimate of drug-likeness (QED) is 0.873. The number of rotatable bonds is 3. The van der Waals surface area contributed by atoms with Crippen molar-refractivity contribution in [1.82, 2.24) is 9.97 Å². The normalized spacial score (nSPS) is 10.1. The number of nitrogens with one attached hydrogen (secondary N) is 1. The van der Waals surface area contributed by atoms with Crippen molar-refractivity contribution in [3.63, 3.8) is 0 Å². The van der Waals surface area contributed by atoms with Crippen LogP contribution in [0.25, 0.3) is 0 Å². The van der Waals surface area contributed by atoms with Crippen molar-refractivity contribution in [1.29, 1.82) is 0 Å². The average molecular weight is 226 g/mol. The summed E-state index contributed by atoms with van der Waals surface area (Å²) in [5.41, 5.74) is 0.